The average Bonchev–Trinajstić information content (AvgIpc) is 2.51. The summed E-state index contributed by atoms with van der Waals surface area (Å²) in [5, 5.41) is -0.0327. The second kappa shape index (κ2) is 9.24. The van der Waals surface area contributed by atoms with E-state index in [0.717, 1.165) is 12.1 Å². The van der Waals surface area contributed by atoms with Crippen molar-refractivity contribution in [3.8, 4) is 0 Å². The lowest BCUT2D eigenvalue weighted by Gasteiger charge is -2.23. The van der Waals surface area contributed by atoms with Crippen LogP contribution in [0.4, 0.5) is 0 Å². The van der Waals surface area contributed by atoms with E-state index in [1.807, 2.05) is 0 Å². The van der Waals surface area contributed by atoms with E-state index in [4.69, 9.17) is 39.4 Å². The summed E-state index contributed by atoms with van der Waals surface area (Å²) in [5.41, 5.74) is 1.76. The Morgan fingerprint density at radius 2 is 1.48 bits per heavy atom. The largest absolute Gasteiger partial charge is 0.296 e. The molecule has 0 aromatic heterocycles. The van der Waals surface area contributed by atoms with Gasteiger partial charge >= 0.3 is 0 Å². The van der Waals surface area contributed by atoms with Gasteiger partial charge in [-0.3, -0.25) is 4.55 Å². The van der Waals surface area contributed by atoms with Crippen molar-refractivity contribution in [2.45, 2.75) is 37.5 Å². The molecule has 0 atom stereocenters. The second-order valence-electron chi connectivity index (χ2n) is 5.92. The van der Waals surface area contributed by atoms with E-state index < -0.39 is 15.0 Å². The minimum absolute atomic E-state index is 0.0127. The highest BCUT2D eigenvalue weighted by atomic mass is 127. The summed E-state index contributed by atoms with van der Waals surface area (Å²) in [6.45, 7) is 6.81. The monoisotopic (exact) mass is 534 g/mol. The Kier molecular flexibility index (Phi) is 8.50. The van der Waals surface area contributed by atoms with Gasteiger partial charge in [0.25, 0.3) is 10.1 Å². The van der Waals surface area contributed by atoms with Gasteiger partial charge in [0, 0.05) is 3.57 Å². The van der Waals surface area contributed by atoms with Crippen LogP contribution in [0.5, 0.6) is 0 Å². The maximum Gasteiger partial charge on any atom is 0.296 e. The molecular weight excluding hydrogens is 518 g/mol. The van der Waals surface area contributed by atoms with Gasteiger partial charge in [-0.05, 0) is 64.3 Å². The normalized spacial score (nSPS) is 11.7. The van der Waals surface area contributed by atoms with E-state index in [9.17, 15) is 8.42 Å². The maximum atomic E-state index is 10.7. The summed E-state index contributed by atoms with van der Waals surface area (Å²) in [7, 11) is -4.35. The minimum atomic E-state index is -4.35. The average molecular weight is 536 g/mol. The van der Waals surface area contributed by atoms with Crippen molar-refractivity contribution in [3.63, 3.8) is 0 Å². The van der Waals surface area contributed by atoms with Crippen LogP contribution in [0.15, 0.2) is 41.3 Å². The quantitative estimate of drug-likeness (QED) is 0.265. The molecule has 0 amide bonds. The Bertz CT molecular complexity index is 835. The molecule has 0 radical (unpaired) electrons. The van der Waals surface area contributed by atoms with E-state index >= 15 is 0 Å². The molecule has 1 N–H and O–H groups in total. The summed E-state index contributed by atoms with van der Waals surface area (Å²) in [6.07, 6.45) is 1.19. The Balaban J connectivity index is 0.000000251. The fourth-order valence-corrected chi connectivity index (χ4v) is 3.64. The van der Waals surface area contributed by atoms with E-state index in [1.165, 1.54) is 15.6 Å². The zero-order chi connectivity index (χ0) is 19.4. The fourth-order valence-electron chi connectivity index (χ4n) is 1.81. The van der Waals surface area contributed by atoms with Crippen LogP contribution in [0.3, 0.4) is 0 Å². The predicted molar refractivity (Wildman–Crippen MR) is 114 cm³/mol. The van der Waals surface area contributed by atoms with Gasteiger partial charge in [-0.2, -0.15) is 8.42 Å². The van der Waals surface area contributed by atoms with Gasteiger partial charge in [0.1, 0.15) is 4.90 Å². The van der Waals surface area contributed by atoms with Gasteiger partial charge in [0.15, 0.2) is 0 Å². The van der Waals surface area contributed by atoms with Gasteiger partial charge in [-0.15, -0.1) is 0 Å². The molecule has 8 heteroatoms. The minimum Gasteiger partial charge on any atom is -0.282 e. The number of halogens is 4. The Labute approximate surface area is 177 Å². The molecule has 0 saturated heterocycles. The third kappa shape index (κ3) is 6.88. The highest BCUT2D eigenvalue weighted by Gasteiger charge is 2.17. The van der Waals surface area contributed by atoms with Crippen molar-refractivity contribution in [2.75, 3.05) is 0 Å². The van der Waals surface area contributed by atoms with Crippen LogP contribution >= 0.6 is 57.4 Å². The Morgan fingerprint density at radius 1 is 1.00 bits per heavy atom. The number of hydrogen-bond donors (Lipinski definition) is 1. The first-order valence-electron chi connectivity index (χ1n) is 7.26. The molecule has 138 valence electrons. The molecule has 25 heavy (non-hydrogen) atoms. The van der Waals surface area contributed by atoms with Gasteiger partial charge in [0.05, 0.1) is 15.1 Å². The van der Waals surface area contributed by atoms with E-state index in [2.05, 4.69) is 67.6 Å². The lowest BCUT2D eigenvalue weighted by Crippen LogP contribution is -2.14. The van der Waals surface area contributed by atoms with E-state index in [-0.39, 0.29) is 15.1 Å². The van der Waals surface area contributed by atoms with Crippen LogP contribution in [0, 0.1) is 3.57 Å². The molecule has 0 unspecified atom stereocenters. The zero-order valence-corrected chi connectivity index (χ0v) is 19.1. The summed E-state index contributed by atoms with van der Waals surface area (Å²) in [6, 6.07) is 10.9. The van der Waals surface area contributed by atoms with Crippen molar-refractivity contribution < 1.29 is 13.0 Å². The highest BCUT2D eigenvalue weighted by molar-refractivity contribution is 14.1. The van der Waals surface area contributed by atoms with Crippen molar-refractivity contribution in [3.05, 3.63) is 60.6 Å². The van der Waals surface area contributed by atoms with Crippen LogP contribution in [0.2, 0.25) is 15.1 Å². The third-order valence-corrected chi connectivity index (χ3v) is 6.52. The number of hydrogen-bond acceptors (Lipinski definition) is 2. The zero-order valence-electron chi connectivity index (χ0n) is 13.9. The second-order valence-corrected chi connectivity index (χ2v) is 9.77. The van der Waals surface area contributed by atoms with Crippen LogP contribution in [0.1, 0.15) is 32.8 Å². The standard InChI is InChI=1S/C11H15I.C6H3Cl3O3S/c1-4-11(2,3)9-5-7-10(12)8-6-9;7-3-1-5(9)6(2-4(3)8)13(10,11)12/h5-8H,4H2,1-3H3;1-2H,(H,10,11,12). The van der Waals surface area contributed by atoms with E-state index in [0.29, 0.717) is 5.41 Å². The van der Waals surface area contributed by atoms with Crippen molar-refractivity contribution in [1.82, 2.24) is 0 Å². The van der Waals surface area contributed by atoms with Crippen LogP contribution in [-0.4, -0.2) is 13.0 Å². The molecular formula is C17H18Cl3IO3S. The summed E-state index contributed by atoms with van der Waals surface area (Å²) < 4.78 is 31.4. The molecule has 0 aliphatic rings. The van der Waals surface area contributed by atoms with E-state index in [1.54, 1.807) is 0 Å². The topological polar surface area (TPSA) is 54.4 Å². The van der Waals surface area contributed by atoms with Crippen molar-refractivity contribution >= 4 is 67.5 Å². The molecule has 0 bridgehead atoms. The molecule has 0 saturated carbocycles. The number of benzene rings is 2. The Morgan fingerprint density at radius 3 is 1.92 bits per heavy atom. The molecule has 0 fully saturated rings. The SMILES string of the molecule is CCC(C)(C)c1ccc(I)cc1.O=S(=O)(O)c1cc(Cl)c(Cl)cc1Cl. The van der Waals surface area contributed by atoms with Crippen LogP contribution in [0.25, 0.3) is 0 Å². The highest BCUT2D eigenvalue weighted by Crippen LogP contribution is 2.31. The first-order valence-corrected chi connectivity index (χ1v) is 10.9. The first-order chi connectivity index (χ1) is 11.4. The summed E-state index contributed by atoms with van der Waals surface area (Å²) in [5.74, 6) is 0. The maximum absolute atomic E-state index is 10.7. The predicted octanol–water partition coefficient (Wildman–Crippen LogP) is 6.87. The van der Waals surface area contributed by atoms with Gasteiger partial charge < -0.3 is 0 Å². The van der Waals surface area contributed by atoms with Gasteiger partial charge in [-0.25, -0.2) is 0 Å². The van der Waals surface area contributed by atoms with Gasteiger partial charge in [0.2, 0.25) is 0 Å². The molecule has 2 rings (SSSR count). The molecule has 0 aliphatic heterocycles. The molecule has 0 aliphatic carbocycles. The Hall–Kier alpha value is -0.0500. The van der Waals surface area contributed by atoms with Crippen LogP contribution < -0.4 is 0 Å². The summed E-state index contributed by atoms with van der Waals surface area (Å²) >= 11 is 18.9. The lowest BCUT2D eigenvalue weighted by molar-refractivity contribution is 0.483. The molecule has 0 heterocycles. The van der Waals surface area contributed by atoms with Gasteiger partial charge in [-0.1, -0.05) is 67.7 Å². The first kappa shape index (κ1) is 23.0. The summed E-state index contributed by atoms with van der Waals surface area (Å²) in [4.78, 5) is -0.455. The van der Waals surface area contributed by atoms with Crippen LogP contribution in [-0.2, 0) is 15.5 Å². The molecule has 2 aromatic rings. The molecule has 0 spiro atoms. The van der Waals surface area contributed by atoms with Crippen molar-refractivity contribution in [2.24, 2.45) is 0 Å². The molecule has 2 aromatic carbocycles. The third-order valence-electron chi connectivity index (χ3n) is 3.76. The molecule has 3 nitrogen and oxygen atoms in total. The smallest absolute Gasteiger partial charge is 0.282 e. The van der Waals surface area contributed by atoms with Crippen molar-refractivity contribution in [1.29, 1.82) is 0 Å². The fraction of sp³-hybridized carbons (Fsp3) is 0.294. The lowest BCUT2D eigenvalue weighted by atomic mass is 9.82. The number of rotatable bonds is 3.